The van der Waals surface area contributed by atoms with Gasteiger partial charge in [0.2, 0.25) is 0 Å². The molecule has 2 nitrogen and oxygen atoms in total. The van der Waals surface area contributed by atoms with Crippen LogP contribution in [-0.4, -0.2) is 10.9 Å². The van der Waals surface area contributed by atoms with Crippen molar-refractivity contribution in [3.05, 3.63) is 48.3 Å². The minimum absolute atomic E-state index is 0.0746. The van der Waals surface area contributed by atoms with E-state index in [2.05, 4.69) is 13.2 Å². The van der Waals surface area contributed by atoms with Crippen molar-refractivity contribution in [3.63, 3.8) is 0 Å². The molecule has 0 aromatic carbocycles. The van der Waals surface area contributed by atoms with Crippen molar-refractivity contribution >= 4 is 5.78 Å². The number of allylic oxidation sites excluding steroid dienone is 5. The number of hydrogen-bond acceptors (Lipinski definition) is 2. The zero-order valence-corrected chi connectivity index (χ0v) is 8.00. The van der Waals surface area contributed by atoms with Crippen LogP contribution in [0.2, 0.25) is 0 Å². The van der Waals surface area contributed by atoms with Gasteiger partial charge in [0.05, 0.1) is 5.57 Å². The fourth-order valence-corrected chi connectivity index (χ4v) is 0.761. The maximum absolute atomic E-state index is 11.4. The van der Waals surface area contributed by atoms with Crippen LogP contribution in [0.15, 0.2) is 48.3 Å². The van der Waals surface area contributed by atoms with Crippen molar-refractivity contribution in [2.24, 2.45) is 0 Å². The van der Waals surface area contributed by atoms with Gasteiger partial charge in [0.15, 0.2) is 5.78 Å². The molecule has 0 aliphatic heterocycles. The van der Waals surface area contributed by atoms with Crippen molar-refractivity contribution in [1.29, 1.82) is 0 Å². The van der Waals surface area contributed by atoms with Crippen molar-refractivity contribution in [1.82, 2.24) is 0 Å². The molecule has 1 N–H and O–H groups in total. The fourth-order valence-electron chi connectivity index (χ4n) is 0.761. The highest BCUT2D eigenvalue weighted by Crippen LogP contribution is 2.10. The summed E-state index contributed by atoms with van der Waals surface area (Å²) in [7, 11) is 0. The monoisotopic (exact) mass is 178 g/mol. The molecule has 0 saturated heterocycles. The van der Waals surface area contributed by atoms with Gasteiger partial charge in [-0.2, -0.15) is 0 Å². The summed E-state index contributed by atoms with van der Waals surface area (Å²) in [4.78, 5) is 11.4. The Morgan fingerprint density at radius 2 is 1.85 bits per heavy atom. The molecule has 0 aliphatic rings. The summed E-state index contributed by atoms with van der Waals surface area (Å²) >= 11 is 0. The van der Waals surface area contributed by atoms with E-state index in [-0.39, 0.29) is 17.1 Å². The second-order valence-electron chi connectivity index (χ2n) is 2.51. The van der Waals surface area contributed by atoms with E-state index < -0.39 is 0 Å². The first-order valence-electron chi connectivity index (χ1n) is 3.95. The Balaban J connectivity index is 4.63. The van der Waals surface area contributed by atoms with E-state index in [0.29, 0.717) is 5.57 Å². The number of Topliss-reactive ketones (excluding diaryl/α,β-unsaturated/α-hetero) is 1. The Bertz CT molecular complexity index is 293. The van der Waals surface area contributed by atoms with Gasteiger partial charge in [-0.25, -0.2) is 0 Å². The summed E-state index contributed by atoms with van der Waals surface area (Å²) in [5.74, 6) is -0.440. The van der Waals surface area contributed by atoms with Gasteiger partial charge in [0.25, 0.3) is 0 Å². The molecule has 0 radical (unpaired) electrons. The lowest BCUT2D eigenvalue weighted by Gasteiger charge is -2.02. The molecule has 0 saturated carbocycles. The lowest BCUT2D eigenvalue weighted by molar-refractivity contribution is -0.111. The summed E-state index contributed by atoms with van der Waals surface area (Å²) in [6.45, 7) is 10.4. The van der Waals surface area contributed by atoms with Gasteiger partial charge in [-0.05, 0) is 19.9 Å². The van der Waals surface area contributed by atoms with Crippen molar-refractivity contribution in [2.75, 3.05) is 0 Å². The molecular formula is C11H14O2. The Morgan fingerprint density at radius 1 is 1.31 bits per heavy atom. The number of carbonyl (C=O) groups is 1. The molecule has 0 aromatic rings. The average molecular weight is 178 g/mol. The van der Waals surface area contributed by atoms with Gasteiger partial charge in [-0.1, -0.05) is 25.3 Å². The lowest BCUT2D eigenvalue weighted by Crippen LogP contribution is -2.04. The summed E-state index contributed by atoms with van der Waals surface area (Å²) in [6.07, 6.45) is 4.71. The Labute approximate surface area is 78.6 Å². The van der Waals surface area contributed by atoms with Gasteiger partial charge in [-0.15, -0.1) is 0 Å². The van der Waals surface area contributed by atoms with Crippen molar-refractivity contribution in [2.45, 2.75) is 13.8 Å². The van der Waals surface area contributed by atoms with Crippen LogP contribution in [0.4, 0.5) is 0 Å². The molecule has 2 heteroatoms. The van der Waals surface area contributed by atoms with E-state index in [4.69, 9.17) is 0 Å². The highest BCUT2D eigenvalue weighted by Gasteiger charge is 2.11. The number of hydrogen-bond donors (Lipinski definition) is 1. The summed E-state index contributed by atoms with van der Waals surface area (Å²) in [6, 6.07) is 0. The zero-order chi connectivity index (χ0) is 10.4. The molecular weight excluding hydrogens is 164 g/mol. The number of ketones is 1. The number of carbonyl (C=O) groups excluding carboxylic acids is 1. The first-order valence-corrected chi connectivity index (χ1v) is 3.95. The van der Waals surface area contributed by atoms with E-state index in [9.17, 15) is 9.90 Å². The van der Waals surface area contributed by atoms with Gasteiger partial charge in [0, 0.05) is 5.57 Å². The van der Waals surface area contributed by atoms with Crippen LogP contribution in [0.3, 0.4) is 0 Å². The predicted octanol–water partition coefficient (Wildman–Crippen LogP) is 2.71. The highest BCUT2D eigenvalue weighted by molar-refractivity contribution is 6.11. The topological polar surface area (TPSA) is 37.3 Å². The molecule has 13 heavy (non-hydrogen) atoms. The third-order valence-corrected chi connectivity index (χ3v) is 1.52. The molecule has 0 rings (SSSR count). The van der Waals surface area contributed by atoms with Crippen LogP contribution in [0, 0.1) is 0 Å². The first-order chi connectivity index (χ1) is 6.04. The maximum Gasteiger partial charge on any atom is 0.195 e. The Hall–Kier alpha value is -1.57. The molecule has 0 amide bonds. The Kier molecular flexibility index (Phi) is 4.52. The second-order valence-corrected chi connectivity index (χ2v) is 2.51. The SMILES string of the molecule is C=C(/C=C\C)C(=O)C(=C)/C(O)=C\C. The number of aliphatic hydroxyl groups excluding tert-OH is 1. The quantitative estimate of drug-likeness (QED) is 0.408. The largest absolute Gasteiger partial charge is 0.508 e. The first kappa shape index (κ1) is 11.4. The van der Waals surface area contributed by atoms with Gasteiger partial charge in [0.1, 0.15) is 5.76 Å². The molecule has 0 spiro atoms. The maximum atomic E-state index is 11.4. The lowest BCUT2D eigenvalue weighted by atomic mass is 10.0. The third kappa shape index (κ3) is 3.11. The second kappa shape index (κ2) is 5.14. The average Bonchev–Trinajstić information content (AvgIpc) is 2.14. The number of rotatable bonds is 4. The van der Waals surface area contributed by atoms with E-state index >= 15 is 0 Å². The van der Waals surface area contributed by atoms with Crippen LogP contribution < -0.4 is 0 Å². The van der Waals surface area contributed by atoms with Gasteiger partial charge in [-0.3, -0.25) is 4.79 Å². The van der Waals surface area contributed by atoms with Crippen LogP contribution in [0.1, 0.15) is 13.8 Å². The van der Waals surface area contributed by atoms with Crippen molar-refractivity contribution < 1.29 is 9.90 Å². The molecule has 0 aromatic heterocycles. The normalized spacial score (nSPS) is 11.7. The minimum atomic E-state index is -0.339. The van der Waals surface area contributed by atoms with E-state index in [1.165, 1.54) is 6.08 Å². The minimum Gasteiger partial charge on any atom is -0.508 e. The van der Waals surface area contributed by atoms with E-state index in [1.807, 2.05) is 0 Å². The van der Waals surface area contributed by atoms with Crippen LogP contribution in [0.25, 0.3) is 0 Å². The molecule has 0 heterocycles. The molecule has 70 valence electrons. The number of aliphatic hydroxyl groups is 1. The summed E-state index contributed by atoms with van der Waals surface area (Å²) in [5, 5.41) is 9.19. The molecule has 0 aliphatic carbocycles. The molecule has 0 unspecified atom stereocenters. The van der Waals surface area contributed by atoms with Crippen molar-refractivity contribution in [3.8, 4) is 0 Å². The molecule has 0 atom stereocenters. The fraction of sp³-hybridized carbons (Fsp3) is 0.182. The Morgan fingerprint density at radius 3 is 2.23 bits per heavy atom. The summed E-state index contributed by atoms with van der Waals surface area (Å²) < 4.78 is 0. The van der Waals surface area contributed by atoms with Gasteiger partial charge < -0.3 is 5.11 Å². The van der Waals surface area contributed by atoms with Crippen LogP contribution in [-0.2, 0) is 4.79 Å². The van der Waals surface area contributed by atoms with Crippen LogP contribution >= 0.6 is 0 Å². The smallest absolute Gasteiger partial charge is 0.195 e. The highest BCUT2D eigenvalue weighted by atomic mass is 16.3. The standard InChI is InChI=1S/C11H14O2/c1-5-7-8(3)11(13)9(4)10(12)6-2/h5-7,12H,3-4H2,1-2H3/b7-5-,10-6+. The zero-order valence-electron chi connectivity index (χ0n) is 8.00. The third-order valence-electron chi connectivity index (χ3n) is 1.52. The van der Waals surface area contributed by atoms with E-state index in [1.54, 1.807) is 26.0 Å². The van der Waals surface area contributed by atoms with Crippen LogP contribution in [0.5, 0.6) is 0 Å². The molecule has 0 fully saturated rings. The molecule has 0 bridgehead atoms. The summed E-state index contributed by atoms with van der Waals surface area (Å²) in [5.41, 5.74) is 0.395. The van der Waals surface area contributed by atoms with Gasteiger partial charge >= 0.3 is 0 Å². The van der Waals surface area contributed by atoms with E-state index in [0.717, 1.165) is 0 Å². The predicted molar refractivity (Wildman–Crippen MR) is 54.5 cm³/mol.